The van der Waals surface area contributed by atoms with E-state index in [9.17, 15) is 0 Å². The summed E-state index contributed by atoms with van der Waals surface area (Å²) in [5.74, 6) is 0.852. The van der Waals surface area contributed by atoms with Gasteiger partial charge in [-0.3, -0.25) is 4.99 Å². The third-order valence-corrected chi connectivity index (χ3v) is 6.05. The highest BCUT2D eigenvalue weighted by Gasteiger charge is 2.58. The van der Waals surface area contributed by atoms with Gasteiger partial charge in [-0.25, -0.2) is 0 Å². The fourth-order valence-electron chi connectivity index (χ4n) is 4.36. The largest absolute Gasteiger partial charge is 0.459 e. The number of hydrogen-bond donors (Lipinski definition) is 0. The molecule has 0 aliphatic carbocycles. The maximum Gasteiger partial charge on any atom is 0.228 e. The number of rotatable bonds is 3. The molecule has 1 atom stereocenters. The summed E-state index contributed by atoms with van der Waals surface area (Å²) in [5, 5.41) is 0. The molecule has 0 saturated heterocycles. The predicted molar refractivity (Wildman–Crippen MR) is 109 cm³/mol. The van der Waals surface area contributed by atoms with Crippen molar-refractivity contribution in [2.24, 2.45) is 4.99 Å². The smallest absolute Gasteiger partial charge is 0.228 e. The Kier molecular flexibility index (Phi) is 3.76. The Morgan fingerprint density at radius 1 is 1.08 bits per heavy atom. The first-order valence-corrected chi connectivity index (χ1v) is 9.41. The summed E-state index contributed by atoms with van der Waals surface area (Å²) in [4.78, 5) is 9.35. The topological polar surface area (TPSA) is 28.1 Å². The van der Waals surface area contributed by atoms with E-state index < -0.39 is 5.72 Å². The number of aliphatic imine (C=N–C) groups is 1. The van der Waals surface area contributed by atoms with E-state index >= 15 is 0 Å². The van der Waals surface area contributed by atoms with Crippen molar-refractivity contribution in [3.63, 3.8) is 0 Å². The number of para-hydroxylation sites is 1. The molecule has 2 aromatic carbocycles. The molecule has 0 amide bonds. The van der Waals surface area contributed by atoms with Crippen LogP contribution in [-0.4, -0.2) is 32.1 Å². The Bertz CT molecular complexity index is 869. The van der Waals surface area contributed by atoms with Crippen LogP contribution in [0.15, 0.2) is 47.5 Å². The molecule has 0 radical (unpaired) electrons. The van der Waals surface area contributed by atoms with Crippen LogP contribution < -0.4 is 14.5 Å². The van der Waals surface area contributed by atoms with Crippen molar-refractivity contribution < 1.29 is 4.74 Å². The van der Waals surface area contributed by atoms with Crippen LogP contribution in [0.2, 0.25) is 0 Å². The van der Waals surface area contributed by atoms with Crippen molar-refractivity contribution in [1.29, 1.82) is 0 Å². The molecule has 0 N–H and O–H groups in total. The third kappa shape index (κ3) is 2.11. The molecule has 1 unspecified atom stereocenters. The number of hydrogen-bond acceptors (Lipinski definition) is 4. The second kappa shape index (κ2) is 5.76. The Labute approximate surface area is 156 Å². The van der Waals surface area contributed by atoms with Gasteiger partial charge in [-0.15, -0.1) is 0 Å². The Balaban J connectivity index is 1.80. The van der Waals surface area contributed by atoms with Gasteiger partial charge in [-0.05, 0) is 51.5 Å². The lowest BCUT2D eigenvalue weighted by atomic mass is 9.77. The zero-order valence-electron chi connectivity index (χ0n) is 16.3. The van der Waals surface area contributed by atoms with Crippen LogP contribution in [0.1, 0.15) is 33.3 Å². The van der Waals surface area contributed by atoms with E-state index in [1.807, 2.05) is 6.21 Å². The van der Waals surface area contributed by atoms with Crippen molar-refractivity contribution in [2.45, 2.75) is 38.8 Å². The molecule has 0 aromatic heterocycles. The van der Waals surface area contributed by atoms with E-state index in [1.54, 1.807) is 0 Å². The van der Waals surface area contributed by atoms with Crippen molar-refractivity contribution in [2.75, 3.05) is 29.9 Å². The minimum Gasteiger partial charge on any atom is -0.459 e. The summed E-state index contributed by atoms with van der Waals surface area (Å²) >= 11 is 0. The summed E-state index contributed by atoms with van der Waals surface area (Å²) in [6.07, 6.45) is 1.98. The second-order valence-electron chi connectivity index (χ2n) is 7.58. The molecule has 0 bridgehead atoms. The number of benzene rings is 2. The highest BCUT2D eigenvalue weighted by Crippen LogP contribution is 2.53. The van der Waals surface area contributed by atoms with Crippen molar-refractivity contribution >= 4 is 23.3 Å². The first kappa shape index (κ1) is 17.0. The van der Waals surface area contributed by atoms with Gasteiger partial charge in [0.15, 0.2) is 5.75 Å². The van der Waals surface area contributed by atoms with Crippen LogP contribution in [0.4, 0.5) is 17.1 Å². The maximum absolute atomic E-state index is 6.72. The molecular weight excluding hydrogens is 322 g/mol. The number of nitrogens with zero attached hydrogens (tertiary/aromatic N) is 3. The van der Waals surface area contributed by atoms with Crippen molar-refractivity contribution in [3.05, 3.63) is 48.0 Å². The highest BCUT2D eigenvalue weighted by atomic mass is 16.5. The summed E-state index contributed by atoms with van der Waals surface area (Å²) in [5.41, 5.74) is 3.73. The molecule has 2 aromatic rings. The lowest BCUT2D eigenvalue weighted by molar-refractivity contribution is 0.0825. The van der Waals surface area contributed by atoms with Crippen LogP contribution in [0.3, 0.4) is 0 Å². The molecular formula is C22H27N3O. The first-order chi connectivity index (χ1) is 12.4. The normalized spacial score (nSPS) is 22.1. The zero-order valence-corrected chi connectivity index (χ0v) is 16.3. The fourth-order valence-corrected chi connectivity index (χ4v) is 4.36. The SMILES string of the molecule is CCN(CC)c1ccc2c(c1)OC1(C=N2)N(C)c2ccccc2C1(C)C. The summed E-state index contributed by atoms with van der Waals surface area (Å²) in [6.45, 7) is 10.8. The molecule has 2 aliphatic heterocycles. The molecule has 2 aliphatic rings. The lowest BCUT2D eigenvalue weighted by Gasteiger charge is -2.45. The van der Waals surface area contributed by atoms with Gasteiger partial charge in [0.2, 0.25) is 5.72 Å². The van der Waals surface area contributed by atoms with E-state index in [2.05, 4.69) is 87.0 Å². The molecule has 136 valence electrons. The molecule has 4 rings (SSSR count). The van der Waals surface area contributed by atoms with Gasteiger partial charge < -0.3 is 14.5 Å². The van der Waals surface area contributed by atoms with Gasteiger partial charge in [-0.2, -0.15) is 0 Å². The minimum atomic E-state index is -0.619. The average Bonchev–Trinajstić information content (AvgIpc) is 2.82. The Hall–Kier alpha value is -2.49. The molecule has 0 fully saturated rings. The van der Waals surface area contributed by atoms with E-state index in [0.717, 1.165) is 24.5 Å². The first-order valence-electron chi connectivity index (χ1n) is 9.41. The van der Waals surface area contributed by atoms with Crippen LogP contribution in [0.5, 0.6) is 5.75 Å². The lowest BCUT2D eigenvalue weighted by Crippen LogP contribution is -2.61. The number of anilines is 2. The van der Waals surface area contributed by atoms with Crippen LogP contribution in [0, 0.1) is 0 Å². The van der Waals surface area contributed by atoms with Crippen LogP contribution in [0.25, 0.3) is 0 Å². The average molecular weight is 349 g/mol. The predicted octanol–water partition coefficient (Wildman–Crippen LogP) is 4.75. The summed E-state index contributed by atoms with van der Waals surface area (Å²) in [6, 6.07) is 14.8. The van der Waals surface area contributed by atoms with Gasteiger partial charge >= 0.3 is 0 Å². The van der Waals surface area contributed by atoms with Gasteiger partial charge in [0.1, 0.15) is 5.69 Å². The second-order valence-corrected chi connectivity index (χ2v) is 7.58. The van der Waals surface area contributed by atoms with E-state index in [1.165, 1.54) is 16.9 Å². The number of ether oxygens (including phenoxy) is 1. The standard InChI is InChI=1S/C22H27N3O/c1-6-25(7-2)16-12-13-18-20(14-16)26-22(15-23-18)21(3,4)17-10-8-9-11-19(17)24(22)5/h8-15H,6-7H2,1-5H3. The Morgan fingerprint density at radius 3 is 2.50 bits per heavy atom. The number of fused-ring (bicyclic) bond motifs is 2. The Morgan fingerprint density at radius 2 is 1.81 bits per heavy atom. The van der Waals surface area contributed by atoms with Crippen LogP contribution >= 0.6 is 0 Å². The van der Waals surface area contributed by atoms with Gasteiger partial charge in [0.25, 0.3) is 0 Å². The van der Waals surface area contributed by atoms with Crippen LogP contribution in [-0.2, 0) is 5.41 Å². The van der Waals surface area contributed by atoms with Crippen molar-refractivity contribution in [1.82, 2.24) is 0 Å². The zero-order chi connectivity index (χ0) is 18.5. The molecule has 2 heterocycles. The molecule has 0 saturated carbocycles. The summed E-state index contributed by atoms with van der Waals surface area (Å²) < 4.78 is 6.72. The molecule has 26 heavy (non-hydrogen) atoms. The van der Waals surface area contributed by atoms with Gasteiger partial charge in [0.05, 0.1) is 11.6 Å². The molecule has 1 spiro atoms. The van der Waals surface area contributed by atoms with Gasteiger partial charge in [0, 0.05) is 37.6 Å². The van der Waals surface area contributed by atoms with E-state index in [-0.39, 0.29) is 5.41 Å². The summed E-state index contributed by atoms with van der Waals surface area (Å²) in [7, 11) is 2.10. The van der Waals surface area contributed by atoms with Crippen molar-refractivity contribution in [3.8, 4) is 5.75 Å². The maximum atomic E-state index is 6.72. The molecule has 4 heteroatoms. The monoisotopic (exact) mass is 349 g/mol. The third-order valence-electron chi connectivity index (χ3n) is 6.05. The molecule has 4 nitrogen and oxygen atoms in total. The van der Waals surface area contributed by atoms with E-state index in [4.69, 9.17) is 9.73 Å². The van der Waals surface area contributed by atoms with Gasteiger partial charge in [-0.1, -0.05) is 18.2 Å². The highest BCUT2D eigenvalue weighted by molar-refractivity contribution is 5.88. The quantitative estimate of drug-likeness (QED) is 0.800. The fraction of sp³-hybridized carbons (Fsp3) is 0.409. The minimum absolute atomic E-state index is 0.218. The van der Waals surface area contributed by atoms with E-state index in [0.29, 0.717) is 0 Å². The number of likely N-dealkylation sites (N-methyl/N-ethyl adjacent to an activating group) is 1.